The van der Waals surface area contributed by atoms with Crippen LogP contribution in [0.1, 0.15) is 35.2 Å². The van der Waals surface area contributed by atoms with E-state index in [1.54, 1.807) is 29.2 Å². The van der Waals surface area contributed by atoms with Gasteiger partial charge in [0, 0.05) is 18.7 Å². The minimum Gasteiger partial charge on any atom is -0.481 e. The van der Waals surface area contributed by atoms with Crippen LogP contribution in [-0.2, 0) is 16.1 Å². The van der Waals surface area contributed by atoms with E-state index in [2.05, 4.69) is 5.32 Å². The zero-order valence-electron chi connectivity index (χ0n) is 14.8. The van der Waals surface area contributed by atoms with E-state index in [0.29, 0.717) is 18.5 Å². The normalized spacial score (nSPS) is 27.0. The number of aliphatic carboxylic acids is 1. The number of imide groups is 1. The van der Waals surface area contributed by atoms with Gasteiger partial charge in [0.1, 0.15) is 0 Å². The van der Waals surface area contributed by atoms with Gasteiger partial charge in [0.2, 0.25) is 5.91 Å². The number of amides is 4. The van der Waals surface area contributed by atoms with Crippen molar-refractivity contribution in [2.24, 2.45) is 11.3 Å². The van der Waals surface area contributed by atoms with Gasteiger partial charge in [-0.3, -0.25) is 19.3 Å². The van der Waals surface area contributed by atoms with E-state index >= 15 is 0 Å². The van der Waals surface area contributed by atoms with Crippen molar-refractivity contribution in [1.29, 1.82) is 0 Å². The van der Waals surface area contributed by atoms with Crippen LogP contribution in [0.3, 0.4) is 0 Å². The third-order valence-electron chi connectivity index (χ3n) is 6.06. The third-order valence-corrected chi connectivity index (χ3v) is 6.06. The predicted molar refractivity (Wildman–Crippen MR) is 93.7 cm³/mol. The molecule has 0 spiro atoms. The molecule has 0 aromatic heterocycles. The number of carboxylic acid groups (broad SMARTS) is 1. The summed E-state index contributed by atoms with van der Waals surface area (Å²) in [6.07, 6.45) is 2.37. The first-order valence-corrected chi connectivity index (χ1v) is 9.10. The van der Waals surface area contributed by atoms with Crippen LogP contribution < -0.4 is 5.32 Å². The molecule has 4 rings (SSSR count). The molecule has 142 valence electrons. The largest absolute Gasteiger partial charge is 0.481 e. The number of carbonyl (C=O) groups is 4. The zero-order chi connectivity index (χ0) is 19.2. The predicted octanol–water partition coefficient (Wildman–Crippen LogP) is 1.07. The Balaban J connectivity index is 1.45. The van der Waals surface area contributed by atoms with Gasteiger partial charge >= 0.3 is 12.0 Å². The van der Waals surface area contributed by atoms with E-state index < -0.39 is 17.4 Å². The van der Waals surface area contributed by atoms with Crippen molar-refractivity contribution in [2.45, 2.75) is 25.8 Å². The summed E-state index contributed by atoms with van der Waals surface area (Å²) >= 11 is 0. The molecule has 1 saturated carbocycles. The maximum atomic E-state index is 12.8. The summed E-state index contributed by atoms with van der Waals surface area (Å²) in [7, 11) is 0. The number of likely N-dealkylation sites (tertiary alicyclic amines) is 1. The number of carboxylic acids is 1. The molecule has 2 heterocycles. The van der Waals surface area contributed by atoms with Crippen LogP contribution >= 0.6 is 0 Å². The fraction of sp³-hybridized carbons (Fsp3) is 0.474. The molecule has 0 unspecified atom stereocenters. The summed E-state index contributed by atoms with van der Waals surface area (Å²) in [6.45, 7) is 0.912. The van der Waals surface area contributed by atoms with Gasteiger partial charge in [-0.25, -0.2) is 4.79 Å². The van der Waals surface area contributed by atoms with Gasteiger partial charge in [-0.05, 0) is 36.5 Å². The fourth-order valence-corrected chi connectivity index (χ4v) is 4.53. The number of nitrogens with zero attached hydrogens (tertiary/aromatic N) is 2. The second-order valence-electron chi connectivity index (χ2n) is 7.57. The topological polar surface area (TPSA) is 107 Å². The lowest BCUT2D eigenvalue weighted by atomic mass is 9.81. The van der Waals surface area contributed by atoms with Gasteiger partial charge in [0.15, 0.2) is 0 Å². The highest BCUT2D eigenvalue weighted by molar-refractivity contribution is 6.01. The van der Waals surface area contributed by atoms with Crippen LogP contribution in [0.25, 0.3) is 0 Å². The van der Waals surface area contributed by atoms with Crippen LogP contribution in [-0.4, -0.2) is 58.4 Å². The molecular weight excluding hydrogens is 350 g/mol. The third kappa shape index (κ3) is 2.85. The number of nitrogens with one attached hydrogen (secondary N) is 1. The molecule has 2 aliphatic heterocycles. The lowest BCUT2D eigenvalue weighted by Crippen LogP contribution is -2.37. The molecule has 2 atom stereocenters. The number of urea groups is 1. The average molecular weight is 371 g/mol. The lowest BCUT2D eigenvalue weighted by Gasteiger charge is -2.23. The first-order valence-electron chi connectivity index (χ1n) is 9.10. The number of rotatable bonds is 4. The Morgan fingerprint density at radius 2 is 1.96 bits per heavy atom. The van der Waals surface area contributed by atoms with Crippen molar-refractivity contribution in [3.8, 4) is 0 Å². The van der Waals surface area contributed by atoms with Gasteiger partial charge in [-0.1, -0.05) is 18.6 Å². The molecule has 2 N–H and O–H groups in total. The molecule has 27 heavy (non-hydrogen) atoms. The minimum absolute atomic E-state index is 0.0108. The average Bonchev–Trinajstić information content (AvgIpc) is 3.30. The Hall–Kier alpha value is -2.90. The SMILES string of the molecule is O=C(c1ccc(CN2C(=O)CNC2=O)cc1)N1C[C@@H]2CCC[C@@]2(C(=O)O)C1. The first-order chi connectivity index (χ1) is 12.9. The Morgan fingerprint density at radius 3 is 2.56 bits per heavy atom. The smallest absolute Gasteiger partial charge is 0.324 e. The van der Waals surface area contributed by atoms with Gasteiger partial charge in [0.05, 0.1) is 18.5 Å². The number of benzene rings is 1. The van der Waals surface area contributed by atoms with E-state index in [1.807, 2.05) is 0 Å². The number of fused-ring (bicyclic) bond motifs is 1. The molecular formula is C19H21N3O5. The lowest BCUT2D eigenvalue weighted by molar-refractivity contribution is -0.149. The van der Waals surface area contributed by atoms with Crippen molar-refractivity contribution in [3.63, 3.8) is 0 Å². The van der Waals surface area contributed by atoms with Crippen LogP contribution in [0.2, 0.25) is 0 Å². The van der Waals surface area contributed by atoms with E-state index in [-0.39, 0.29) is 37.4 Å². The highest BCUT2D eigenvalue weighted by atomic mass is 16.4. The van der Waals surface area contributed by atoms with E-state index in [4.69, 9.17) is 0 Å². The van der Waals surface area contributed by atoms with Gasteiger partial charge < -0.3 is 15.3 Å². The molecule has 2 saturated heterocycles. The summed E-state index contributed by atoms with van der Waals surface area (Å²) in [6, 6.07) is 6.35. The zero-order valence-corrected chi connectivity index (χ0v) is 14.8. The van der Waals surface area contributed by atoms with Gasteiger partial charge in [-0.2, -0.15) is 0 Å². The van der Waals surface area contributed by atoms with E-state index in [0.717, 1.165) is 23.3 Å². The molecule has 3 fully saturated rings. The maximum absolute atomic E-state index is 12.8. The molecule has 8 heteroatoms. The Bertz CT molecular complexity index is 805. The summed E-state index contributed by atoms with van der Waals surface area (Å²) in [5.74, 6) is -1.23. The number of hydrogen-bond acceptors (Lipinski definition) is 4. The molecule has 1 aliphatic carbocycles. The first kappa shape index (κ1) is 17.5. The van der Waals surface area contributed by atoms with Gasteiger partial charge in [-0.15, -0.1) is 0 Å². The molecule has 0 bridgehead atoms. The van der Waals surface area contributed by atoms with Crippen LogP contribution in [0, 0.1) is 11.3 Å². The maximum Gasteiger partial charge on any atom is 0.324 e. The van der Waals surface area contributed by atoms with E-state index in [9.17, 15) is 24.3 Å². The molecule has 8 nitrogen and oxygen atoms in total. The summed E-state index contributed by atoms with van der Waals surface area (Å²) in [5.41, 5.74) is 0.438. The monoisotopic (exact) mass is 371 g/mol. The second-order valence-corrected chi connectivity index (χ2v) is 7.57. The van der Waals surface area contributed by atoms with E-state index in [1.165, 1.54) is 0 Å². The molecule has 1 aromatic rings. The molecule has 0 radical (unpaired) electrons. The summed E-state index contributed by atoms with van der Waals surface area (Å²) in [4.78, 5) is 50.6. The second kappa shape index (κ2) is 6.37. The molecule has 4 amide bonds. The van der Waals surface area contributed by atoms with Crippen molar-refractivity contribution in [1.82, 2.24) is 15.1 Å². The summed E-state index contributed by atoms with van der Waals surface area (Å²) < 4.78 is 0. The molecule has 3 aliphatic rings. The summed E-state index contributed by atoms with van der Waals surface area (Å²) in [5, 5.41) is 12.1. The quantitative estimate of drug-likeness (QED) is 0.770. The fourth-order valence-electron chi connectivity index (χ4n) is 4.53. The highest BCUT2D eigenvalue weighted by Gasteiger charge is 2.55. The standard InChI is InChI=1S/C19H21N3O5/c23-15-8-20-18(27)22(15)9-12-3-5-13(6-4-12)16(24)21-10-14-2-1-7-19(14,11-21)17(25)26/h3-6,14H,1-2,7-11H2,(H,20,27)(H,25,26)/t14-,19+/m0/s1. The van der Waals surface area contributed by atoms with Crippen molar-refractivity contribution in [3.05, 3.63) is 35.4 Å². The minimum atomic E-state index is -0.802. The number of hydrogen-bond donors (Lipinski definition) is 2. The van der Waals surface area contributed by atoms with Crippen molar-refractivity contribution < 1.29 is 24.3 Å². The van der Waals surface area contributed by atoms with Crippen LogP contribution in [0.4, 0.5) is 4.79 Å². The Morgan fingerprint density at radius 1 is 1.22 bits per heavy atom. The molecule has 1 aromatic carbocycles. The van der Waals surface area contributed by atoms with Crippen molar-refractivity contribution >= 4 is 23.8 Å². The van der Waals surface area contributed by atoms with Crippen LogP contribution in [0.15, 0.2) is 24.3 Å². The Kier molecular flexibility index (Phi) is 4.13. The van der Waals surface area contributed by atoms with Crippen LogP contribution in [0.5, 0.6) is 0 Å². The van der Waals surface area contributed by atoms with Crippen molar-refractivity contribution in [2.75, 3.05) is 19.6 Å². The highest BCUT2D eigenvalue weighted by Crippen LogP contribution is 2.49. The Labute approximate surface area is 156 Å². The van der Waals surface area contributed by atoms with Gasteiger partial charge in [0.25, 0.3) is 5.91 Å². The number of carbonyl (C=O) groups excluding carboxylic acids is 3.